The van der Waals surface area contributed by atoms with Gasteiger partial charge in [0, 0.05) is 6.54 Å². The van der Waals surface area contributed by atoms with Crippen LogP contribution in [-0.4, -0.2) is 59.0 Å². The third kappa shape index (κ3) is 24.2. The minimum Gasteiger partial charge on any atom is -0.393 e. The number of phosphoric ester groups is 1. The van der Waals surface area contributed by atoms with Crippen LogP contribution < -0.4 is 11.1 Å². The first-order chi connectivity index (χ1) is 18.8. The predicted octanol–water partition coefficient (Wildman–Crippen LogP) is 5.46. The van der Waals surface area contributed by atoms with Crippen molar-refractivity contribution in [3.63, 3.8) is 0 Å². The summed E-state index contributed by atoms with van der Waals surface area (Å²) in [6, 6.07) is -0.998. The molecular weight excluding hydrogens is 519 g/mol. The van der Waals surface area contributed by atoms with Gasteiger partial charge in [-0.15, -0.1) is 0 Å². The molecule has 0 aromatic carbocycles. The summed E-state index contributed by atoms with van der Waals surface area (Å²) >= 11 is 0. The second-order valence-electron chi connectivity index (χ2n) is 9.78. The average molecular weight is 575 g/mol. The quantitative estimate of drug-likeness (QED) is 0.0519. The van der Waals surface area contributed by atoms with Gasteiger partial charge in [-0.2, -0.15) is 0 Å². The molecular formula is C29H55N2O7P. The van der Waals surface area contributed by atoms with Gasteiger partial charge < -0.3 is 26.2 Å². The molecule has 0 aliphatic rings. The number of allylic oxidation sites excluding steroid dienone is 5. The first-order valence-electron chi connectivity index (χ1n) is 14.7. The van der Waals surface area contributed by atoms with E-state index < -0.39 is 38.6 Å². The maximum absolute atomic E-state index is 12.6. The molecule has 39 heavy (non-hydrogen) atoms. The normalized spacial score (nSPS) is 16.2. The van der Waals surface area contributed by atoms with Crippen LogP contribution in [0, 0.1) is 0 Å². The molecule has 4 unspecified atom stereocenters. The largest absolute Gasteiger partial charge is 0.472 e. The fraction of sp³-hybridized carbons (Fsp3) is 0.759. The standard InChI is InChI=1S/C29H55N2O7P/c1-3-5-7-9-11-12-13-15-16-18-20-26(32)24-29(34)31-27(25-38-39(35,36)37-23-22-30)28(33)21-19-17-14-10-8-6-4-2/h8,10-12,19,21,26-28,32-33H,3-7,9,13-18,20,22-25,30H2,1-2H3,(H,31,34)(H,35,36)/b10-8+,12-11-,21-19+. The number of rotatable bonds is 26. The number of carbonyl (C=O) groups excluding carboxylic acids is 1. The fourth-order valence-corrected chi connectivity index (χ4v) is 4.48. The summed E-state index contributed by atoms with van der Waals surface area (Å²) in [6.07, 6.45) is 22.7. The van der Waals surface area contributed by atoms with Crippen LogP contribution in [0.5, 0.6) is 0 Å². The monoisotopic (exact) mass is 574 g/mol. The third-order valence-corrected chi connectivity index (χ3v) is 6.96. The molecule has 0 bridgehead atoms. The van der Waals surface area contributed by atoms with Crippen LogP contribution in [0.2, 0.25) is 0 Å². The third-order valence-electron chi connectivity index (χ3n) is 5.97. The molecule has 1 amide bonds. The topological polar surface area (TPSA) is 151 Å². The van der Waals surface area contributed by atoms with Crippen molar-refractivity contribution >= 4 is 13.7 Å². The zero-order valence-electron chi connectivity index (χ0n) is 24.2. The molecule has 0 rings (SSSR count). The molecule has 0 aromatic rings. The van der Waals surface area contributed by atoms with Crippen LogP contribution in [0.25, 0.3) is 0 Å². The smallest absolute Gasteiger partial charge is 0.393 e. The second-order valence-corrected chi connectivity index (χ2v) is 11.2. The average Bonchev–Trinajstić information content (AvgIpc) is 2.90. The molecule has 6 N–H and O–H groups in total. The van der Waals surface area contributed by atoms with E-state index >= 15 is 0 Å². The van der Waals surface area contributed by atoms with Crippen molar-refractivity contribution in [1.29, 1.82) is 0 Å². The molecule has 10 heteroatoms. The molecule has 0 aliphatic heterocycles. The van der Waals surface area contributed by atoms with E-state index in [1.807, 2.05) is 0 Å². The number of aliphatic hydroxyl groups is 2. The molecule has 0 radical (unpaired) electrons. The number of unbranched alkanes of at least 4 members (excludes halogenated alkanes) is 8. The van der Waals surface area contributed by atoms with Crippen molar-refractivity contribution in [2.75, 3.05) is 19.8 Å². The lowest BCUT2D eigenvalue weighted by molar-refractivity contribution is -0.124. The fourth-order valence-electron chi connectivity index (χ4n) is 3.72. The summed E-state index contributed by atoms with van der Waals surface area (Å²) in [7, 11) is -4.39. The highest BCUT2D eigenvalue weighted by Gasteiger charge is 2.27. The zero-order valence-corrected chi connectivity index (χ0v) is 25.1. The molecule has 4 atom stereocenters. The lowest BCUT2D eigenvalue weighted by atomic mass is 10.1. The van der Waals surface area contributed by atoms with Crippen LogP contribution in [0.1, 0.15) is 104 Å². The first kappa shape index (κ1) is 37.7. The Morgan fingerprint density at radius 3 is 2.18 bits per heavy atom. The predicted molar refractivity (Wildman–Crippen MR) is 158 cm³/mol. The van der Waals surface area contributed by atoms with E-state index in [2.05, 4.69) is 43.5 Å². The Kier molecular flexibility index (Phi) is 24.8. The van der Waals surface area contributed by atoms with Gasteiger partial charge >= 0.3 is 7.82 Å². The van der Waals surface area contributed by atoms with Crippen molar-refractivity contribution in [3.05, 3.63) is 36.5 Å². The molecule has 9 nitrogen and oxygen atoms in total. The second kappa shape index (κ2) is 25.6. The van der Waals surface area contributed by atoms with E-state index in [0.717, 1.165) is 51.4 Å². The Hall–Kier alpha value is -1.32. The Bertz CT molecular complexity index is 730. The van der Waals surface area contributed by atoms with Crippen molar-refractivity contribution in [2.45, 2.75) is 122 Å². The van der Waals surface area contributed by atoms with Crippen molar-refractivity contribution in [2.24, 2.45) is 5.73 Å². The molecule has 0 aliphatic carbocycles. The maximum atomic E-state index is 12.6. The van der Waals surface area contributed by atoms with Crippen molar-refractivity contribution in [1.82, 2.24) is 5.32 Å². The molecule has 0 saturated heterocycles. The number of amides is 1. The summed E-state index contributed by atoms with van der Waals surface area (Å²) < 4.78 is 21.7. The molecule has 228 valence electrons. The van der Waals surface area contributed by atoms with Crippen molar-refractivity contribution in [3.8, 4) is 0 Å². The molecule has 0 spiro atoms. The minimum atomic E-state index is -4.39. The highest BCUT2D eigenvalue weighted by atomic mass is 31.2. The lowest BCUT2D eigenvalue weighted by Crippen LogP contribution is -2.46. The summed E-state index contributed by atoms with van der Waals surface area (Å²) in [5, 5.41) is 23.5. The number of nitrogens with two attached hydrogens (primary N) is 1. The van der Waals surface area contributed by atoms with Gasteiger partial charge in [0.2, 0.25) is 5.91 Å². The minimum absolute atomic E-state index is 0.0414. The summed E-state index contributed by atoms with van der Waals surface area (Å²) in [6.45, 7) is 3.73. The molecule has 0 fully saturated rings. The highest BCUT2D eigenvalue weighted by Crippen LogP contribution is 2.43. The Labute approximate surface area is 236 Å². The van der Waals surface area contributed by atoms with E-state index in [-0.39, 0.29) is 19.6 Å². The van der Waals surface area contributed by atoms with Gasteiger partial charge in [-0.1, -0.05) is 82.4 Å². The Balaban J connectivity index is 4.64. The van der Waals surface area contributed by atoms with E-state index in [9.17, 15) is 24.5 Å². The van der Waals surface area contributed by atoms with Crippen LogP contribution >= 0.6 is 7.82 Å². The molecule has 0 saturated carbocycles. The molecule has 0 heterocycles. The summed E-state index contributed by atoms with van der Waals surface area (Å²) in [5.41, 5.74) is 5.29. The van der Waals surface area contributed by atoms with E-state index in [1.54, 1.807) is 6.08 Å². The van der Waals surface area contributed by atoms with Gasteiger partial charge in [-0.3, -0.25) is 13.8 Å². The number of nitrogens with one attached hydrogen (secondary N) is 1. The van der Waals surface area contributed by atoms with Crippen LogP contribution in [-0.2, 0) is 18.4 Å². The SMILES string of the molecule is CCC/C=C/CC/C=C/C(O)C(COP(=O)(O)OCCN)NC(=O)CC(O)CCCCC/C=C\CCCCC. The number of aliphatic hydroxyl groups excluding tert-OH is 2. The number of carbonyl (C=O) groups is 1. The van der Waals surface area contributed by atoms with Gasteiger partial charge in [0.05, 0.1) is 37.9 Å². The van der Waals surface area contributed by atoms with Gasteiger partial charge in [0.1, 0.15) is 0 Å². The van der Waals surface area contributed by atoms with Gasteiger partial charge in [0.15, 0.2) is 0 Å². The molecule has 0 aromatic heterocycles. The summed E-state index contributed by atoms with van der Waals surface area (Å²) in [4.78, 5) is 22.4. The van der Waals surface area contributed by atoms with Gasteiger partial charge in [0.25, 0.3) is 0 Å². The van der Waals surface area contributed by atoms with E-state index in [1.165, 1.54) is 25.3 Å². The van der Waals surface area contributed by atoms with E-state index in [0.29, 0.717) is 12.8 Å². The maximum Gasteiger partial charge on any atom is 0.472 e. The van der Waals surface area contributed by atoms with Crippen molar-refractivity contribution < 1.29 is 33.5 Å². The van der Waals surface area contributed by atoms with Crippen LogP contribution in [0.15, 0.2) is 36.5 Å². The first-order valence-corrected chi connectivity index (χ1v) is 16.2. The van der Waals surface area contributed by atoms with Crippen LogP contribution in [0.4, 0.5) is 0 Å². The number of phosphoric acid groups is 1. The zero-order chi connectivity index (χ0) is 29.2. The highest BCUT2D eigenvalue weighted by molar-refractivity contribution is 7.47. The Morgan fingerprint density at radius 2 is 1.51 bits per heavy atom. The number of hydrogen-bond donors (Lipinski definition) is 5. The lowest BCUT2D eigenvalue weighted by Gasteiger charge is -2.24. The van der Waals surface area contributed by atoms with E-state index in [4.69, 9.17) is 14.8 Å². The Morgan fingerprint density at radius 1 is 0.872 bits per heavy atom. The van der Waals surface area contributed by atoms with Gasteiger partial charge in [-0.25, -0.2) is 4.57 Å². The van der Waals surface area contributed by atoms with Crippen LogP contribution in [0.3, 0.4) is 0 Å². The van der Waals surface area contributed by atoms with Gasteiger partial charge in [-0.05, 0) is 51.4 Å². The number of hydrogen-bond acceptors (Lipinski definition) is 7. The summed E-state index contributed by atoms with van der Waals surface area (Å²) in [5.74, 6) is -0.475.